The summed E-state index contributed by atoms with van der Waals surface area (Å²) in [6.45, 7) is 4.90. The van der Waals surface area contributed by atoms with Gasteiger partial charge in [0.2, 0.25) is 5.60 Å². The van der Waals surface area contributed by atoms with Crippen LogP contribution in [0, 0.1) is 6.92 Å². The molecule has 4 aromatic rings. The summed E-state index contributed by atoms with van der Waals surface area (Å²) in [6, 6.07) is 14.9. The third-order valence-corrected chi connectivity index (χ3v) is 7.23. The molecule has 0 bridgehead atoms. The van der Waals surface area contributed by atoms with Gasteiger partial charge in [-0.2, -0.15) is 0 Å². The number of carbonyl (C=O) groups is 2. The van der Waals surface area contributed by atoms with Gasteiger partial charge >= 0.3 is 12.3 Å². The van der Waals surface area contributed by atoms with E-state index in [4.69, 9.17) is 27.9 Å². The van der Waals surface area contributed by atoms with Gasteiger partial charge in [0, 0.05) is 34.3 Å². The van der Waals surface area contributed by atoms with Gasteiger partial charge in [-0.05, 0) is 74.4 Å². The van der Waals surface area contributed by atoms with Crippen molar-refractivity contribution < 1.29 is 37.3 Å². The lowest BCUT2D eigenvalue weighted by Crippen LogP contribution is -2.40. The number of rotatable bonds is 9. The lowest BCUT2D eigenvalue weighted by Gasteiger charge is -2.25. The van der Waals surface area contributed by atoms with Crippen LogP contribution in [0.5, 0.6) is 11.5 Å². The molecule has 0 saturated carbocycles. The summed E-state index contributed by atoms with van der Waals surface area (Å²) in [5.74, 6) is -1.79. The van der Waals surface area contributed by atoms with Crippen LogP contribution in [0.1, 0.15) is 47.4 Å². The quantitative estimate of drug-likeness (QED) is 0.198. The van der Waals surface area contributed by atoms with Crippen molar-refractivity contribution in [1.29, 1.82) is 0 Å². The Labute approximate surface area is 237 Å². The van der Waals surface area contributed by atoms with Gasteiger partial charge in [-0.3, -0.25) is 4.79 Å². The standard InChI is InChI=1S/C29H24Cl2F3NO5/c1-4-28(3,27(37)38)40-24-13-17(5-12-22(24)31)15-35-16(2)25(26(36)18-6-8-19(30)9-7-18)21-11-10-20(14-23(21)35)39-29(32,33)34/h5-14H,4,15H2,1-3H3,(H,37,38). The number of hydrogen-bond acceptors (Lipinski definition) is 4. The number of ether oxygens (including phenoxy) is 2. The van der Waals surface area contributed by atoms with Gasteiger partial charge in [0.05, 0.1) is 16.1 Å². The number of aromatic nitrogens is 1. The second-order valence-corrected chi connectivity index (χ2v) is 10.2. The summed E-state index contributed by atoms with van der Waals surface area (Å²) in [4.78, 5) is 25.3. The van der Waals surface area contributed by atoms with Crippen LogP contribution in [-0.4, -0.2) is 33.4 Å². The van der Waals surface area contributed by atoms with Crippen molar-refractivity contribution >= 4 is 45.9 Å². The monoisotopic (exact) mass is 593 g/mol. The number of carbonyl (C=O) groups excluding carboxylic acids is 1. The first-order chi connectivity index (χ1) is 18.7. The molecule has 0 amide bonds. The van der Waals surface area contributed by atoms with Gasteiger partial charge in [0.15, 0.2) is 5.78 Å². The van der Waals surface area contributed by atoms with Crippen LogP contribution in [0.3, 0.4) is 0 Å². The molecule has 1 N–H and O–H groups in total. The Bertz CT molecular complexity index is 1600. The highest BCUT2D eigenvalue weighted by Gasteiger charge is 2.34. The second kappa shape index (κ2) is 11.1. The fourth-order valence-electron chi connectivity index (χ4n) is 4.31. The van der Waals surface area contributed by atoms with E-state index in [-0.39, 0.29) is 29.5 Å². The Kier molecular flexibility index (Phi) is 8.10. The predicted molar refractivity (Wildman–Crippen MR) is 146 cm³/mol. The number of carboxylic acid groups (broad SMARTS) is 1. The second-order valence-electron chi connectivity index (χ2n) is 9.37. The van der Waals surface area contributed by atoms with Crippen molar-refractivity contribution in [2.24, 2.45) is 0 Å². The van der Waals surface area contributed by atoms with Crippen molar-refractivity contribution in [2.75, 3.05) is 0 Å². The van der Waals surface area contributed by atoms with E-state index in [0.29, 0.717) is 38.3 Å². The number of ketones is 1. The maximum absolute atomic E-state index is 13.6. The van der Waals surface area contributed by atoms with Crippen molar-refractivity contribution in [3.05, 3.63) is 93.1 Å². The van der Waals surface area contributed by atoms with E-state index in [1.54, 1.807) is 60.9 Å². The molecule has 0 fully saturated rings. The predicted octanol–water partition coefficient (Wildman–Crippen LogP) is 8.07. The summed E-state index contributed by atoms with van der Waals surface area (Å²) >= 11 is 12.3. The van der Waals surface area contributed by atoms with Crippen LogP contribution in [0.4, 0.5) is 13.2 Å². The molecular weight excluding hydrogens is 570 g/mol. The molecule has 0 aliphatic heterocycles. The minimum absolute atomic E-state index is 0.106. The van der Waals surface area contributed by atoms with Gasteiger partial charge in [0.25, 0.3) is 0 Å². The molecule has 3 aromatic carbocycles. The molecular formula is C29H24Cl2F3NO5. The minimum Gasteiger partial charge on any atom is -0.478 e. The van der Waals surface area contributed by atoms with E-state index in [0.717, 1.165) is 6.07 Å². The summed E-state index contributed by atoms with van der Waals surface area (Å²) in [5, 5.41) is 10.7. The highest BCUT2D eigenvalue weighted by molar-refractivity contribution is 6.32. The molecule has 1 unspecified atom stereocenters. The van der Waals surface area contributed by atoms with Crippen LogP contribution in [0.2, 0.25) is 10.0 Å². The summed E-state index contributed by atoms with van der Waals surface area (Å²) in [6.07, 6.45) is -4.73. The van der Waals surface area contributed by atoms with Crippen molar-refractivity contribution in [3.63, 3.8) is 0 Å². The molecule has 0 radical (unpaired) electrons. The van der Waals surface area contributed by atoms with Crippen LogP contribution in [0.15, 0.2) is 60.7 Å². The molecule has 1 aromatic heterocycles. The topological polar surface area (TPSA) is 77.8 Å². The molecule has 0 spiro atoms. The van der Waals surface area contributed by atoms with Crippen LogP contribution >= 0.6 is 23.2 Å². The van der Waals surface area contributed by atoms with Crippen LogP contribution in [-0.2, 0) is 11.3 Å². The average molecular weight is 594 g/mol. The first kappa shape index (κ1) is 29.3. The van der Waals surface area contributed by atoms with Gasteiger partial charge < -0.3 is 19.1 Å². The first-order valence-corrected chi connectivity index (χ1v) is 12.9. The Morgan fingerprint density at radius 1 is 0.975 bits per heavy atom. The SMILES string of the molecule is CCC(C)(Oc1cc(Cn2c(C)c(C(=O)c3ccc(Cl)cc3)c3ccc(OC(F)(F)F)cc32)ccc1Cl)C(=O)O. The highest BCUT2D eigenvalue weighted by Crippen LogP contribution is 2.35. The zero-order chi connectivity index (χ0) is 29.4. The summed E-state index contributed by atoms with van der Waals surface area (Å²) in [5.41, 5.74) is 0.581. The van der Waals surface area contributed by atoms with E-state index in [1.165, 1.54) is 19.1 Å². The number of alkyl halides is 3. The van der Waals surface area contributed by atoms with Crippen LogP contribution < -0.4 is 9.47 Å². The molecule has 1 atom stereocenters. The number of benzene rings is 3. The van der Waals surface area contributed by atoms with Crippen LogP contribution in [0.25, 0.3) is 10.9 Å². The third-order valence-electron chi connectivity index (χ3n) is 6.66. The zero-order valence-electron chi connectivity index (χ0n) is 21.6. The van der Waals surface area contributed by atoms with E-state index in [9.17, 15) is 27.9 Å². The van der Waals surface area contributed by atoms with E-state index < -0.39 is 23.7 Å². The molecule has 11 heteroatoms. The number of halogens is 5. The summed E-state index contributed by atoms with van der Waals surface area (Å²) < 4.78 is 50.6. The van der Waals surface area contributed by atoms with Crippen molar-refractivity contribution in [1.82, 2.24) is 4.57 Å². The van der Waals surface area contributed by atoms with Crippen molar-refractivity contribution in [3.8, 4) is 11.5 Å². The molecule has 1 heterocycles. The third kappa shape index (κ3) is 6.05. The Hall–Kier alpha value is -3.69. The van der Waals surface area contributed by atoms with Gasteiger partial charge in [-0.15, -0.1) is 13.2 Å². The molecule has 4 rings (SSSR count). The molecule has 210 valence electrons. The van der Waals surface area contributed by atoms with Gasteiger partial charge in [0.1, 0.15) is 11.5 Å². The molecule has 0 aliphatic rings. The lowest BCUT2D eigenvalue weighted by molar-refractivity contribution is -0.274. The maximum atomic E-state index is 13.6. The van der Waals surface area contributed by atoms with E-state index in [1.807, 2.05) is 0 Å². The minimum atomic E-state index is -4.90. The average Bonchev–Trinajstić information content (AvgIpc) is 3.15. The van der Waals surface area contributed by atoms with Crippen molar-refractivity contribution in [2.45, 2.75) is 45.7 Å². The Morgan fingerprint density at radius 3 is 2.25 bits per heavy atom. The first-order valence-electron chi connectivity index (χ1n) is 12.1. The molecule has 40 heavy (non-hydrogen) atoms. The zero-order valence-corrected chi connectivity index (χ0v) is 23.1. The molecule has 6 nitrogen and oxygen atoms in total. The van der Waals surface area contributed by atoms with Gasteiger partial charge in [-0.25, -0.2) is 4.79 Å². The number of hydrogen-bond donors (Lipinski definition) is 1. The maximum Gasteiger partial charge on any atom is 0.573 e. The van der Waals surface area contributed by atoms with E-state index >= 15 is 0 Å². The molecule has 0 aliphatic carbocycles. The summed E-state index contributed by atoms with van der Waals surface area (Å²) in [7, 11) is 0. The normalized spacial score (nSPS) is 13.2. The highest BCUT2D eigenvalue weighted by atomic mass is 35.5. The fraction of sp³-hybridized carbons (Fsp3) is 0.241. The largest absolute Gasteiger partial charge is 0.573 e. The Morgan fingerprint density at radius 2 is 1.65 bits per heavy atom. The fourth-order valence-corrected chi connectivity index (χ4v) is 4.59. The van der Waals surface area contributed by atoms with E-state index in [2.05, 4.69) is 4.74 Å². The smallest absolute Gasteiger partial charge is 0.478 e. The lowest BCUT2D eigenvalue weighted by atomic mass is 10.0. The number of nitrogens with zero attached hydrogens (tertiary/aromatic N) is 1. The number of aliphatic carboxylic acids is 1. The number of fused-ring (bicyclic) bond motifs is 1. The van der Waals surface area contributed by atoms with Gasteiger partial charge in [-0.1, -0.05) is 36.2 Å². The Balaban J connectivity index is 1.84. The number of carboxylic acids is 1. The molecule has 0 saturated heterocycles.